The van der Waals surface area contributed by atoms with Crippen LogP contribution in [-0.4, -0.2) is 31.6 Å². The van der Waals surface area contributed by atoms with E-state index in [0.29, 0.717) is 18.5 Å². The Morgan fingerprint density at radius 2 is 2.00 bits per heavy atom. The molecule has 4 N–H and O–H groups in total. The molecule has 1 rings (SSSR count). The van der Waals surface area contributed by atoms with Gasteiger partial charge in [0, 0.05) is 25.0 Å². The van der Waals surface area contributed by atoms with Crippen molar-refractivity contribution in [1.29, 1.82) is 0 Å². The molecule has 1 aliphatic rings. The van der Waals surface area contributed by atoms with E-state index in [-0.39, 0.29) is 5.91 Å². The maximum atomic E-state index is 11.4. The van der Waals surface area contributed by atoms with E-state index in [9.17, 15) is 4.79 Å². The first kappa shape index (κ1) is 11.5. The standard InChI is InChI=1S/C10H21N3O/c1-12-7-6-10(14)13-9-4-2-8(11)3-5-9/h8-9,12H,2-7,11H2,1H3,(H,13,14). The fourth-order valence-electron chi connectivity index (χ4n) is 1.80. The highest BCUT2D eigenvalue weighted by molar-refractivity contribution is 5.76. The number of rotatable bonds is 4. The van der Waals surface area contributed by atoms with E-state index in [2.05, 4.69) is 10.6 Å². The number of carbonyl (C=O) groups is 1. The van der Waals surface area contributed by atoms with Gasteiger partial charge in [-0.1, -0.05) is 0 Å². The minimum Gasteiger partial charge on any atom is -0.353 e. The monoisotopic (exact) mass is 199 g/mol. The maximum Gasteiger partial charge on any atom is 0.221 e. The summed E-state index contributed by atoms with van der Waals surface area (Å²) in [7, 11) is 1.85. The predicted octanol–water partition coefficient (Wildman–Crippen LogP) is -0.0180. The van der Waals surface area contributed by atoms with Crippen LogP contribution in [0.3, 0.4) is 0 Å². The minimum absolute atomic E-state index is 0.153. The molecule has 0 spiro atoms. The van der Waals surface area contributed by atoms with Gasteiger partial charge >= 0.3 is 0 Å². The second-order valence-electron chi connectivity index (χ2n) is 4.03. The van der Waals surface area contributed by atoms with Crippen molar-refractivity contribution in [1.82, 2.24) is 10.6 Å². The van der Waals surface area contributed by atoms with Gasteiger partial charge in [0.1, 0.15) is 0 Å². The second-order valence-corrected chi connectivity index (χ2v) is 4.03. The molecule has 0 unspecified atom stereocenters. The SMILES string of the molecule is CNCCC(=O)NC1CCC(N)CC1. The molecule has 0 saturated heterocycles. The highest BCUT2D eigenvalue weighted by Crippen LogP contribution is 2.16. The Labute approximate surface area is 85.6 Å². The van der Waals surface area contributed by atoms with Crippen LogP contribution in [0.15, 0.2) is 0 Å². The number of hydrogen-bond donors (Lipinski definition) is 3. The summed E-state index contributed by atoms with van der Waals surface area (Å²) >= 11 is 0. The molecular formula is C10H21N3O. The van der Waals surface area contributed by atoms with E-state index in [1.165, 1.54) is 0 Å². The van der Waals surface area contributed by atoms with Gasteiger partial charge in [0.2, 0.25) is 5.91 Å². The van der Waals surface area contributed by atoms with E-state index < -0.39 is 0 Å². The fourth-order valence-corrected chi connectivity index (χ4v) is 1.80. The lowest BCUT2D eigenvalue weighted by molar-refractivity contribution is -0.121. The van der Waals surface area contributed by atoms with Crippen molar-refractivity contribution in [2.24, 2.45) is 5.73 Å². The van der Waals surface area contributed by atoms with Gasteiger partial charge in [-0.05, 0) is 32.7 Å². The van der Waals surface area contributed by atoms with E-state index >= 15 is 0 Å². The highest BCUT2D eigenvalue weighted by atomic mass is 16.1. The second kappa shape index (κ2) is 5.98. The molecule has 0 aromatic heterocycles. The van der Waals surface area contributed by atoms with Crippen LogP contribution in [0.4, 0.5) is 0 Å². The third-order valence-electron chi connectivity index (χ3n) is 2.74. The van der Waals surface area contributed by atoms with Crippen LogP contribution < -0.4 is 16.4 Å². The Morgan fingerprint density at radius 1 is 1.36 bits per heavy atom. The van der Waals surface area contributed by atoms with Crippen LogP contribution in [-0.2, 0) is 4.79 Å². The third-order valence-corrected chi connectivity index (χ3v) is 2.74. The van der Waals surface area contributed by atoms with Crippen molar-refractivity contribution in [3.05, 3.63) is 0 Å². The first-order chi connectivity index (χ1) is 6.72. The van der Waals surface area contributed by atoms with Crippen molar-refractivity contribution < 1.29 is 4.79 Å². The van der Waals surface area contributed by atoms with Gasteiger partial charge in [-0.25, -0.2) is 0 Å². The van der Waals surface area contributed by atoms with Crippen molar-refractivity contribution in [2.75, 3.05) is 13.6 Å². The highest BCUT2D eigenvalue weighted by Gasteiger charge is 2.19. The van der Waals surface area contributed by atoms with Gasteiger partial charge < -0.3 is 16.4 Å². The smallest absolute Gasteiger partial charge is 0.221 e. The summed E-state index contributed by atoms with van der Waals surface area (Å²) in [5.74, 6) is 0.153. The molecule has 1 saturated carbocycles. The predicted molar refractivity (Wildman–Crippen MR) is 56.9 cm³/mol. The Balaban J connectivity index is 2.14. The zero-order chi connectivity index (χ0) is 10.4. The molecule has 0 radical (unpaired) electrons. The zero-order valence-electron chi connectivity index (χ0n) is 8.88. The lowest BCUT2D eigenvalue weighted by atomic mass is 9.92. The van der Waals surface area contributed by atoms with Gasteiger partial charge in [-0.2, -0.15) is 0 Å². The first-order valence-electron chi connectivity index (χ1n) is 5.42. The van der Waals surface area contributed by atoms with Crippen LogP contribution in [0.1, 0.15) is 32.1 Å². The molecule has 14 heavy (non-hydrogen) atoms. The summed E-state index contributed by atoms with van der Waals surface area (Å²) in [6, 6.07) is 0.708. The van der Waals surface area contributed by atoms with Crippen LogP contribution in [0.2, 0.25) is 0 Å². The number of carbonyl (C=O) groups excluding carboxylic acids is 1. The summed E-state index contributed by atoms with van der Waals surface area (Å²) < 4.78 is 0. The van der Waals surface area contributed by atoms with Crippen LogP contribution >= 0.6 is 0 Å². The lowest BCUT2D eigenvalue weighted by Crippen LogP contribution is -2.41. The fraction of sp³-hybridized carbons (Fsp3) is 0.900. The van der Waals surface area contributed by atoms with E-state index in [0.717, 1.165) is 32.2 Å². The average Bonchev–Trinajstić information content (AvgIpc) is 2.18. The zero-order valence-corrected chi connectivity index (χ0v) is 8.88. The van der Waals surface area contributed by atoms with E-state index in [1.54, 1.807) is 0 Å². The van der Waals surface area contributed by atoms with E-state index in [1.807, 2.05) is 7.05 Å². The molecule has 0 bridgehead atoms. The number of hydrogen-bond acceptors (Lipinski definition) is 3. The molecule has 4 heteroatoms. The summed E-state index contributed by atoms with van der Waals surface area (Å²) in [6.45, 7) is 0.748. The third kappa shape index (κ3) is 4.07. The summed E-state index contributed by atoms with van der Waals surface area (Å²) in [5.41, 5.74) is 5.79. The Kier molecular flexibility index (Phi) is 4.90. The quantitative estimate of drug-likeness (QED) is 0.596. The molecule has 0 aromatic carbocycles. The van der Waals surface area contributed by atoms with Gasteiger partial charge in [-0.15, -0.1) is 0 Å². The lowest BCUT2D eigenvalue weighted by Gasteiger charge is -2.26. The van der Waals surface area contributed by atoms with Gasteiger partial charge in [-0.3, -0.25) is 4.79 Å². The summed E-state index contributed by atoms with van der Waals surface area (Å²) in [5, 5.41) is 6.00. The number of amides is 1. The van der Waals surface area contributed by atoms with Crippen molar-refractivity contribution in [3.8, 4) is 0 Å². The van der Waals surface area contributed by atoms with Crippen LogP contribution in [0, 0.1) is 0 Å². The van der Waals surface area contributed by atoms with Gasteiger partial charge in [0.05, 0.1) is 0 Å². The largest absolute Gasteiger partial charge is 0.353 e. The molecule has 0 aromatic rings. The number of nitrogens with two attached hydrogens (primary N) is 1. The molecular weight excluding hydrogens is 178 g/mol. The molecule has 0 heterocycles. The molecule has 0 atom stereocenters. The first-order valence-corrected chi connectivity index (χ1v) is 5.42. The van der Waals surface area contributed by atoms with E-state index in [4.69, 9.17) is 5.73 Å². The maximum absolute atomic E-state index is 11.4. The van der Waals surface area contributed by atoms with Crippen LogP contribution in [0.5, 0.6) is 0 Å². The van der Waals surface area contributed by atoms with Crippen molar-refractivity contribution >= 4 is 5.91 Å². The topological polar surface area (TPSA) is 67.2 Å². The molecule has 1 amide bonds. The molecule has 82 valence electrons. The molecule has 0 aliphatic heterocycles. The molecule has 1 fully saturated rings. The average molecular weight is 199 g/mol. The Morgan fingerprint density at radius 3 is 2.57 bits per heavy atom. The van der Waals surface area contributed by atoms with Gasteiger partial charge in [0.25, 0.3) is 0 Å². The number of nitrogens with one attached hydrogen (secondary N) is 2. The normalized spacial score (nSPS) is 27.3. The summed E-state index contributed by atoms with van der Waals surface area (Å²) in [4.78, 5) is 11.4. The molecule has 1 aliphatic carbocycles. The molecule has 4 nitrogen and oxygen atoms in total. The minimum atomic E-state index is 0.153. The van der Waals surface area contributed by atoms with Crippen molar-refractivity contribution in [3.63, 3.8) is 0 Å². The van der Waals surface area contributed by atoms with Crippen LogP contribution in [0.25, 0.3) is 0 Å². The Hall–Kier alpha value is -0.610. The van der Waals surface area contributed by atoms with Crippen molar-refractivity contribution in [2.45, 2.75) is 44.2 Å². The van der Waals surface area contributed by atoms with Gasteiger partial charge in [0.15, 0.2) is 0 Å². The Bertz CT molecular complexity index is 176. The summed E-state index contributed by atoms with van der Waals surface area (Å²) in [6.07, 6.45) is 4.71.